The first-order valence-corrected chi connectivity index (χ1v) is 7.71. The molecule has 0 aromatic heterocycles. The van der Waals surface area contributed by atoms with Gasteiger partial charge >= 0.3 is 0 Å². The molecule has 4 nitrogen and oxygen atoms in total. The number of nitrogens with zero attached hydrogens (tertiary/aromatic N) is 1. The molecular formula is C17H29N3O. The molecule has 21 heavy (non-hydrogen) atoms. The van der Waals surface area contributed by atoms with Crippen molar-refractivity contribution in [1.29, 1.82) is 0 Å². The topological polar surface area (TPSA) is 45.7 Å². The Morgan fingerprint density at radius 3 is 2.29 bits per heavy atom. The second kappa shape index (κ2) is 9.27. The number of nitrogens with one attached hydrogen (secondary N) is 2. The molecule has 0 fully saturated rings. The van der Waals surface area contributed by atoms with Gasteiger partial charge in [-0.05, 0) is 43.9 Å². The van der Waals surface area contributed by atoms with Crippen LogP contribution in [0.4, 0.5) is 0 Å². The van der Waals surface area contributed by atoms with Gasteiger partial charge in [-0.2, -0.15) is 0 Å². The van der Waals surface area contributed by atoms with Gasteiger partial charge in [-0.15, -0.1) is 0 Å². The first-order chi connectivity index (χ1) is 10.0. The van der Waals surface area contributed by atoms with Gasteiger partial charge < -0.3 is 15.4 Å². The van der Waals surface area contributed by atoms with E-state index < -0.39 is 0 Å². The molecule has 0 saturated heterocycles. The maximum absolute atomic E-state index is 5.64. The smallest absolute Gasteiger partial charge is 0.190 e. The molecule has 1 rings (SSSR count). The first-order valence-electron chi connectivity index (χ1n) is 7.71. The number of aliphatic imine (C=N–C) groups is 1. The van der Waals surface area contributed by atoms with Gasteiger partial charge in [0.15, 0.2) is 5.96 Å². The molecule has 2 N–H and O–H groups in total. The summed E-state index contributed by atoms with van der Waals surface area (Å²) >= 11 is 0. The van der Waals surface area contributed by atoms with E-state index in [0.717, 1.165) is 31.2 Å². The zero-order valence-electron chi connectivity index (χ0n) is 13.9. The molecule has 4 heteroatoms. The third kappa shape index (κ3) is 7.59. The van der Waals surface area contributed by atoms with Gasteiger partial charge in [0.05, 0.1) is 6.10 Å². The summed E-state index contributed by atoms with van der Waals surface area (Å²) in [6.45, 7) is 10.2. The highest BCUT2D eigenvalue weighted by Crippen LogP contribution is 2.13. The highest BCUT2D eigenvalue weighted by Gasteiger charge is 2.01. The lowest BCUT2D eigenvalue weighted by atomic mass is 10.1. The second-order valence-electron chi connectivity index (χ2n) is 5.83. The predicted octanol–water partition coefficient (Wildman–Crippen LogP) is 2.84. The van der Waals surface area contributed by atoms with E-state index in [2.05, 4.69) is 41.6 Å². The van der Waals surface area contributed by atoms with Gasteiger partial charge in [-0.3, -0.25) is 4.99 Å². The minimum Gasteiger partial charge on any atom is -0.491 e. The van der Waals surface area contributed by atoms with Crippen molar-refractivity contribution in [3.63, 3.8) is 0 Å². The number of hydrogen-bond donors (Lipinski definition) is 2. The van der Waals surface area contributed by atoms with Crippen molar-refractivity contribution in [2.45, 2.75) is 40.2 Å². The van der Waals surface area contributed by atoms with Gasteiger partial charge in [-0.1, -0.05) is 26.0 Å². The zero-order chi connectivity index (χ0) is 15.7. The van der Waals surface area contributed by atoms with Crippen molar-refractivity contribution < 1.29 is 4.74 Å². The lowest BCUT2D eigenvalue weighted by molar-refractivity contribution is 0.242. The maximum Gasteiger partial charge on any atom is 0.190 e. The summed E-state index contributed by atoms with van der Waals surface area (Å²) in [5.41, 5.74) is 1.29. The van der Waals surface area contributed by atoms with E-state index in [1.807, 2.05) is 26.0 Å². The Kier molecular flexibility index (Phi) is 7.65. The fraction of sp³-hybridized carbons (Fsp3) is 0.588. The highest BCUT2D eigenvalue weighted by molar-refractivity contribution is 5.79. The Bertz CT molecular complexity index is 424. The number of benzene rings is 1. The Labute approximate surface area is 129 Å². The summed E-state index contributed by atoms with van der Waals surface area (Å²) in [4.78, 5) is 4.21. The molecular weight excluding hydrogens is 262 g/mol. The van der Waals surface area contributed by atoms with Crippen LogP contribution in [0.5, 0.6) is 5.75 Å². The second-order valence-corrected chi connectivity index (χ2v) is 5.83. The molecule has 0 unspecified atom stereocenters. The minimum atomic E-state index is 0.216. The van der Waals surface area contributed by atoms with Crippen molar-refractivity contribution in [3.8, 4) is 5.75 Å². The van der Waals surface area contributed by atoms with Crippen molar-refractivity contribution in [2.24, 2.45) is 10.9 Å². The molecule has 118 valence electrons. The lowest BCUT2D eigenvalue weighted by Gasteiger charge is -2.13. The SMILES string of the molecule is CN=C(NCCc1ccc(OC(C)C)cc1)NCC(C)C. The van der Waals surface area contributed by atoms with Crippen LogP contribution in [-0.4, -0.2) is 32.2 Å². The summed E-state index contributed by atoms with van der Waals surface area (Å²) < 4.78 is 5.64. The molecule has 0 aliphatic carbocycles. The molecule has 0 amide bonds. The third-order valence-corrected chi connectivity index (χ3v) is 2.90. The van der Waals surface area contributed by atoms with Crippen LogP contribution in [-0.2, 0) is 6.42 Å². The summed E-state index contributed by atoms with van der Waals surface area (Å²) in [6, 6.07) is 8.29. The largest absolute Gasteiger partial charge is 0.491 e. The van der Waals surface area contributed by atoms with Crippen LogP contribution >= 0.6 is 0 Å². The quantitative estimate of drug-likeness (QED) is 0.600. The third-order valence-electron chi connectivity index (χ3n) is 2.90. The van der Waals surface area contributed by atoms with Crippen molar-refractivity contribution in [1.82, 2.24) is 10.6 Å². The van der Waals surface area contributed by atoms with Gasteiger partial charge in [0.1, 0.15) is 5.75 Å². The summed E-state index contributed by atoms with van der Waals surface area (Å²) in [6.07, 6.45) is 1.18. The van der Waals surface area contributed by atoms with Crippen LogP contribution in [0.25, 0.3) is 0 Å². The predicted molar refractivity (Wildman–Crippen MR) is 90.1 cm³/mol. The van der Waals surface area contributed by atoms with E-state index in [-0.39, 0.29) is 6.10 Å². The van der Waals surface area contributed by atoms with Crippen LogP contribution in [0, 0.1) is 5.92 Å². The summed E-state index contributed by atoms with van der Waals surface area (Å²) in [7, 11) is 1.80. The van der Waals surface area contributed by atoms with Crippen LogP contribution in [0.3, 0.4) is 0 Å². The van der Waals surface area contributed by atoms with E-state index in [4.69, 9.17) is 4.74 Å². The number of hydrogen-bond acceptors (Lipinski definition) is 2. The van der Waals surface area contributed by atoms with Crippen LogP contribution in [0.2, 0.25) is 0 Å². The Balaban J connectivity index is 2.34. The summed E-state index contributed by atoms with van der Waals surface area (Å²) in [5.74, 6) is 2.40. The highest BCUT2D eigenvalue weighted by atomic mass is 16.5. The molecule has 1 aromatic carbocycles. The van der Waals surface area contributed by atoms with E-state index in [1.54, 1.807) is 7.05 Å². The Hall–Kier alpha value is -1.71. The first kappa shape index (κ1) is 17.3. The van der Waals surface area contributed by atoms with Gasteiger partial charge in [0.25, 0.3) is 0 Å². The van der Waals surface area contributed by atoms with Gasteiger partial charge in [0, 0.05) is 20.1 Å². The van der Waals surface area contributed by atoms with E-state index in [1.165, 1.54) is 5.56 Å². The number of rotatable bonds is 7. The lowest BCUT2D eigenvalue weighted by Crippen LogP contribution is -2.39. The van der Waals surface area contributed by atoms with Crippen LogP contribution in [0.1, 0.15) is 33.3 Å². The van der Waals surface area contributed by atoms with Gasteiger partial charge in [0.2, 0.25) is 0 Å². The molecule has 0 radical (unpaired) electrons. The number of guanidine groups is 1. The maximum atomic E-state index is 5.64. The molecule has 0 spiro atoms. The van der Waals surface area contributed by atoms with Crippen LogP contribution < -0.4 is 15.4 Å². The van der Waals surface area contributed by atoms with Crippen LogP contribution in [0.15, 0.2) is 29.3 Å². The minimum absolute atomic E-state index is 0.216. The van der Waals surface area contributed by atoms with E-state index in [0.29, 0.717) is 5.92 Å². The monoisotopic (exact) mass is 291 g/mol. The fourth-order valence-corrected chi connectivity index (χ4v) is 1.85. The van der Waals surface area contributed by atoms with E-state index >= 15 is 0 Å². The summed E-state index contributed by atoms with van der Waals surface area (Å²) in [5, 5.41) is 6.63. The van der Waals surface area contributed by atoms with Crippen molar-refractivity contribution >= 4 is 5.96 Å². The molecule has 0 saturated carbocycles. The molecule has 0 bridgehead atoms. The Morgan fingerprint density at radius 1 is 1.10 bits per heavy atom. The average Bonchev–Trinajstić information content (AvgIpc) is 2.43. The van der Waals surface area contributed by atoms with Crippen molar-refractivity contribution in [2.75, 3.05) is 20.1 Å². The zero-order valence-corrected chi connectivity index (χ0v) is 13.9. The molecule has 0 heterocycles. The molecule has 1 aromatic rings. The van der Waals surface area contributed by atoms with Gasteiger partial charge in [-0.25, -0.2) is 0 Å². The number of ether oxygens (including phenoxy) is 1. The Morgan fingerprint density at radius 2 is 1.76 bits per heavy atom. The molecule has 0 aliphatic heterocycles. The average molecular weight is 291 g/mol. The van der Waals surface area contributed by atoms with Crippen molar-refractivity contribution in [3.05, 3.63) is 29.8 Å². The fourth-order valence-electron chi connectivity index (χ4n) is 1.85. The molecule has 0 aliphatic rings. The molecule has 0 atom stereocenters. The van der Waals surface area contributed by atoms with E-state index in [9.17, 15) is 0 Å². The standard InChI is InChI=1S/C17H29N3O/c1-13(2)12-20-17(18-5)19-11-10-15-6-8-16(9-7-15)21-14(3)4/h6-9,13-14H,10-12H2,1-5H3,(H2,18,19,20). The normalized spacial score (nSPS) is 11.9.